The van der Waals surface area contributed by atoms with Crippen LogP contribution < -0.4 is 0 Å². The molecule has 0 bridgehead atoms. The second kappa shape index (κ2) is 9.02. The lowest BCUT2D eigenvalue weighted by atomic mass is 10.1. The first-order valence-corrected chi connectivity index (χ1v) is 8.21. The predicted octanol–water partition coefficient (Wildman–Crippen LogP) is 5.12. The lowest BCUT2D eigenvalue weighted by Crippen LogP contribution is -1.96. The van der Waals surface area contributed by atoms with Gasteiger partial charge in [-0.1, -0.05) is 84.9 Å². The number of rotatable bonds is 8. The highest BCUT2D eigenvalue weighted by atomic mass is 16.5. The van der Waals surface area contributed by atoms with E-state index in [1.807, 2.05) is 36.4 Å². The largest absolute Gasteiger partial charge is 0.372 e. The summed E-state index contributed by atoms with van der Waals surface area (Å²) in [7, 11) is 0. The zero-order valence-corrected chi connectivity index (χ0v) is 13.7. The fourth-order valence-corrected chi connectivity index (χ4v) is 2.45. The quantitative estimate of drug-likeness (QED) is 0.574. The molecule has 3 aromatic rings. The molecular formula is C22H22O2. The Balaban J connectivity index is 1.40. The molecule has 0 saturated heterocycles. The maximum atomic E-state index is 5.75. The summed E-state index contributed by atoms with van der Waals surface area (Å²) in [6, 6.07) is 28.9. The molecule has 122 valence electrons. The van der Waals surface area contributed by atoms with Crippen molar-refractivity contribution < 1.29 is 9.47 Å². The van der Waals surface area contributed by atoms with Crippen molar-refractivity contribution in [1.82, 2.24) is 0 Å². The molecular weight excluding hydrogens is 296 g/mol. The van der Waals surface area contributed by atoms with Gasteiger partial charge in [0, 0.05) is 0 Å². The molecule has 3 rings (SSSR count). The Labute approximate surface area is 143 Å². The summed E-state index contributed by atoms with van der Waals surface area (Å²) < 4.78 is 11.5. The van der Waals surface area contributed by atoms with Crippen molar-refractivity contribution in [3.8, 4) is 0 Å². The van der Waals surface area contributed by atoms with Gasteiger partial charge in [0.05, 0.1) is 26.4 Å². The fraction of sp³-hybridized carbons (Fsp3) is 0.182. The highest BCUT2D eigenvalue weighted by molar-refractivity contribution is 5.22. The van der Waals surface area contributed by atoms with E-state index in [-0.39, 0.29) is 0 Å². The predicted molar refractivity (Wildman–Crippen MR) is 96.3 cm³/mol. The van der Waals surface area contributed by atoms with Gasteiger partial charge in [0.15, 0.2) is 0 Å². The number of benzene rings is 3. The molecule has 0 spiro atoms. The molecule has 0 radical (unpaired) electrons. The Morgan fingerprint density at radius 2 is 0.667 bits per heavy atom. The minimum atomic E-state index is 0.625. The van der Waals surface area contributed by atoms with E-state index in [1.165, 1.54) is 22.3 Å². The van der Waals surface area contributed by atoms with Crippen molar-refractivity contribution in [2.75, 3.05) is 0 Å². The van der Waals surface area contributed by atoms with Crippen molar-refractivity contribution in [2.45, 2.75) is 26.4 Å². The zero-order valence-electron chi connectivity index (χ0n) is 13.7. The molecule has 24 heavy (non-hydrogen) atoms. The third kappa shape index (κ3) is 5.34. The average molecular weight is 318 g/mol. The monoisotopic (exact) mass is 318 g/mol. The summed E-state index contributed by atoms with van der Waals surface area (Å²) in [5.41, 5.74) is 4.75. The summed E-state index contributed by atoms with van der Waals surface area (Å²) in [5, 5.41) is 0. The molecule has 0 heterocycles. The van der Waals surface area contributed by atoms with Crippen LogP contribution in [0.1, 0.15) is 22.3 Å². The molecule has 0 aliphatic heterocycles. The van der Waals surface area contributed by atoms with Gasteiger partial charge in [-0.25, -0.2) is 0 Å². The van der Waals surface area contributed by atoms with E-state index in [0.29, 0.717) is 26.4 Å². The van der Waals surface area contributed by atoms with E-state index in [1.54, 1.807) is 0 Å². The first-order chi connectivity index (χ1) is 11.9. The van der Waals surface area contributed by atoms with Crippen molar-refractivity contribution in [2.24, 2.45) is 0 Å². The number of hydrogen-bond acceptors (Lipinski definition) is 2. The van der Waals surface area contributed by atoms with E-state index in [0.717, 1.165) is 0 Å². The average Bonchev–Trinajstić information content (AvgIpc) is 2.65. The van der Waals surface area contributed by atoms with Crippen molar-refractivity contribution in [1.29, 1.82) is 0 Å². The van der Waals surface area contributed by atoms with E-state index in [4.69, 9.17) is 9.47 Å². The van der Waals surface area contributed by atoms with Crippen LogP contribution >= 0.6 is 0 Å². The van der Waals surface area contributed by atoms with Crippen molar-refractivity contribution in [3.05, 3.63) is 107 Å². The Morgan fingerprint density at radius 3 is 1.00 bits per heavy atom. The van der Waals surface area contributed by atoms with Crippen molar-refractivity contribution >= 4 is 0 Å². The molecule has 2 nitrogen and oxygen atoms in total. The Bertz CT molecular complexity index is 641. The first kappa shape index (κ1) is 16.4. The smallest absolute Gasteiger partial charge is 0.0721 e. The van der Waals surface area contributed by atoms with Crippen LogP contribution in [0.25, 0.3) is 0 Å². The maximum absolute atomic E-state index is 5.75. The standard InChI is InChI=1S/C22H22O2/c1-3-7-19(8-4-1)15-23-17-21-11-13-22(14-12-21)18-24-16-20-9-5-2-6-10-20/h1-14H,15-18H2. The molecule has 3 aromatic carbocycles. The molecule has 0 atom stereocenters. The van der Waals surface area contributed by atoms with Crippen LogP contribution in [0, 0.1) is 0 Å². The second-order valence-electron chi connectivity index (χ2n) is 5.77. The van der Waals surface area contributed by atoms with Crippen LogP contribution in [-0.4, -0.2) is 0 Å². The summed E-state index contributed by atoms with van der Waals surface area (Å²) >= 11 is 0. The van der Waals surface area contributed by atoms with E-state index in [9.17, 15) is 0 Å². The molecule has 2 heteroatoms. The zero-order chi connectivity index (χ0) is 16.5. The molecule has 0 saturated carbocycles. The molecule has 0 unspecified atom stereocenters. The Hall–Kier alpha value is -2.42. The lowest BCUT2D eigenvalue weighted by Gasteiger charge is -2.07. The summed E-state index contributed by atoms with van der Waals surface area (Å²) in [4.78, 5) is 0. The Morgan fingerprint density at radius 1 is 0.375 bits per heavy atom. The van der Waals surface area contributed by atoms with Gasteiger partial charge in [-0.05, 0) is 22.3 Å². The van der Waals surface area contributed by atoms with E-state index < -0.39 is 0 Å². The Kier molecular flexibility index (Phi) is 6.18. The van der Waals surface area contributed by atoms with Gasteiger partial charge in [0.1, 0.15) is 0 Å². The molecule has 0 aromatic heterocycles. The third-order valence-corrected chi connectivity index (χ3v) is 3.78. The van der Waals surface area contributed by atoms with Crippen LogP contribution in [0.5, 0.6) is 0 Å². The SMILES string of the molecule is c1ccc(COCc2ccc(COCc3ccccc3)cc2)cc1. The fourth-order valence-electron chi connectivity index (χ4n) is 2.45. The van der Waals surface area contributed by atoms with Crippen LogP contribution in [0.3, 0.4) is 0 Å². The molecule has 0 fully saturated rings. The summed E-state index contributed by atoms with van der Waals surface area (Å²) in [6.07, 6.45) is 0. The minimum absolute atomic E-state index is 0.625. The first-order valence-electron chi connectivity index (χ1n) is 8.21. The van der Waals surface area contributed by atoms with Gasteiger partial charge in [-0.15, -0.1) is 0 Å². The van der Waals surface area contributed by atoms with Gasteiger partial charge in [-0.3, -0.25) is 0 Å². The van der Waals surface area contributed by atoms with E-state index in [2.05, 4.69) is 48.5 Å². The minimum Gasteiger partial charge on any atom is -0.372 e. The highest BCUT2D eigenvalue weighted by Crippen LogP contribution is 2.10. The van der Waals surface area contributed by atoms with Crippen LogP contribution in [0.15, 0.2) is 84.9 Å². The molecule has 0 N–H and O–H groups in total. The van der Waals surface area contributed by atoms with E-state index >= 15 is 0 Å². The second-order valence-corrected chi connectivity index (χ2v) is 5.77. The van der Waals surface area contributed by atoms with Gasteiger partial charge in [-0.2, -0.15) is 0 Å². The molecule has 0 aliphatic rings. The molecule has 0 aliphatic carbocycles. The number of hydrogen-bond donors (Lipinski definition) is 0. The van der Waals surface area contributed by atoms with Crippen LogP contribution in [-0.2, 0) is 35.9 Å². The maximum Gasteiger partial charge on any atom is 0.0721 e. The van der Waals surface area contributed by atoms with Gasteiger partial charge < -0.3 is 9.47 Å². The third-order valence-electron chi connectivity index (χ3n) is 3.78. The summed E-state index contributed by atoms with van der Waals surface area (Å²) in [6.45, 7) is 2.53. The highest BCUT2D eigenvalue weighted by Gasteiger charge is 1.98. The lowest BCUT2D eigenvalue weighted by molar-refractivity contribution is 0.105. The molecule has 0 amide bonds. The number of ether oxygens (including phenoxy) is 2. The van der Waals surface area contributed by atoms with Crippen LogP contribution in [0.2, 0.25) is 0 Å². The topological polar surface area (TPSA) is 18.5 Å². The van der Waals surface area contributed by atoms with Gasteiger partial charge >= 0.3 is 0 Å². The summed E-state index contributed by atoms with van der Waals surface area (Å²) in [5.74, 6) is 0. The van der Waals surface area contributed by atoms with Crippen LogP contribution in [0.4, 0.5) is 0 Å². The van der Waals surface area contributed by atoms with Gasteiger partial charge in [0.2, 0.25) is 0 Å². The van der Waals surface area contributed by atoms with Crippen molar-refractivity contribution in [3.63, 3.8) is 0 Å². The normalized spacial score (nSPS) is 10.7. The van der Waals surface area contributed by atoms with Gasteiger partial charge in [0.25, 0.3) is 0 Å².